The lowest BCUT2D eigenvalue weighted by Crippen LogP contribution is -2.21. The van der Waals surface area contributed by atoms with E-state index in [1.165, 1.54) is 70.3 Å². The van der Waals surface area contributed by atoms with E-state index in [1.54, 1.807) is 49.6 Å². The number of rotatable bonds is 18. The predicted octanol–water partition coefficient (Wildman–Crippen LogP) is 18.0. The van der Waals surface area contributed by atoms with Crippen molar-refractivity contribution in [2.24, 2.45) is 41.2 Å². The maximum atomic E-state index is 12.7. The number of aromatic amines is 3. The van der Waals surface area contributed by atoms with Gasteiger partial charge in [-0.05, 0) is 228 Å². The number of halogens is 4. The average molecular weight is 1750 g/mol. The number of aromatic nitrogens is 18. The first kappa shape index (κ1) is 80.9. The van der Waals surface area contributed by atoms with Crippen LogP contribution in [0.4, 0.5) is 15.8 Å². The highest BCUT2D eigenvalue weighted by Gasteiger charge is 2.35. The Morgan fingerprint density at radius 1 is 0.478 bits per heavy atom. The summed E-state index contributed by atoms with van der Waals surface area (Å²) in [5.74, 6) is 6.13. The summed E-state index contributed by atoms with van der Waals surface area (Å²) in [7, 11) is 0. The largest absolute Gasteiger partial charge is 0.328 e. The zero-order valence-electron chi connectivity index (χ0n) is 65.1. The smallest absolute Gasteiger partial charge is 0.326 e. The van der Waals surface area contributed by atoms with Crippen LogP contribution < -0.4 is 22.8 Å². The molecule has 14 aromatic rings. The minimum absolute atomic E-state index is 0.00694. The number of imidazole rings is 5. The molecule has 5 fully saturated rings. The average Bonchev–Trinajstić information content (AvgIpc) is 1.59. The maximum absolute atomic E-state index is 12.7. The number of nitro groups is 2. The van der Waals surface area contributed by atoms with Gasteiger partial charge in [0.05, 0.1) is 54.1 Å². The second kappa shape index (κ2) is 34.4. The fraction of sp³-hybridized carbons (Fsp3) is 0.386. The van der Waals surface area contributed by atoms with Crippen molar-refractivity contribution in [3.63, 3.8) is 0 Å². The third-order valence-corrected chi connectivity index (χ3v) is 23.7. The molecule has 5 aliphatic rings. The molecule has 0 bridgehead atoms. The van der Waals surface area contributed by atoms with Crippen LogP contribution in [-0.2, 0) is 19.5 Å². The Balaban J connectivity index is 0.000000123. The van der Waals surface area contributed by atoms with Crippen LogP contribution >= 0.6 is 47.8 Å². The van der Waals surface area contributed by atoms with Crippen molar-refractivity contribution in [1.29, 1.82) is 0 Å². The van der Waals surface area contributed by atoms with E-state index in [9.17, 15) is 39.0 Å². The molecule has 5 aromatic carbocycles. The number of nitrogens with one attached hydrogen (secondary N) is 3. The molecule has 115 heavy (non-hydrogen) atoms. The first-order valence-electron chi connectivity index (χ1n) is 38.9. The molecule has 0 spiro atoms. The molecule has 596 valence electrons. The van der Waals surface area contributed by atoms with Crippen LogP contribution in [0.25, 0.3) is 101 Å². The van der Waals surface area contributed by atoms with E-state index in [0.29, 0.717) is 76.0 Å². The molecule has 5 atom stereocenters. The maximum Gasteiger partial charge on any atom is 0.326 e. The van der Waals surface area contributed by atoms with E-state index in [2.05, 4.69) is 160 Å². The molecule has 28 nitrogen and oxygen atoms in total. The van der Waals surface area contributed by atoms with E-state index in [0.717, 1.165) is 135 Å². The van der Waals surface area contributed by atoms with Crippen molar-refractivity contribution in [2.75, 3.05) is 0 Å². The lowest BCUT2D eigenvalue weighted by molar-refractivity contribution is -0.387. The fourth-order valence-electron chi connectivity index (χ4n) is 14.9. The summed E-state index contributed by atoms with van der Waals surface area (Å²) < 4.78 is 24.8. The Kier molecular flexibility index (Phi) is 24.2. The summed E-state index contributed by atoms with van der Waals surface area (Å²) in [6, 6.07) is 27.7. The zero-order valence-corrected chi connectivity index (χ0v) is 69.9. The van der Waals surface area contributed by atoms with Gasteiger partial charge in [-0.15, -0.1) is 0 Å². The van der Waals surface area contributed by atoms with Gasteiger partial charge in [-0.1, -0.05) is 66.8 Å². The van der Waals surface area contributed by atoms with Crippen LogP contribution in [0, 0.1) is 75.4 Å². The molecule has 0 radical (unpaired) electrons. The lowest BCUT2D eigenvalue weighted by Gasteiger charge is -2.12. The Morgan fingerprint density at radius 2 is 0.843 bits per heavy atom. The van der Waals surface area contributed by atoms with Crippen LogP contribution in [0.2, 0.25) is 0 Å². The van der Waals surface area contributed by atoms with Gasteiger partial charge >= 0.3 is 22.8 Å². The summed E-state index contributed by atoms with van der Waals surface area (Å²) in [5, 5.41) is 21.0. The third kappa shape index (κ3) is 18.2. The number of benzene rings is 5. The minimum Gasteiger partial charge on any atom is -0.328 e. The normalized spacial score (nSPS) is 15.7. The monoisotopic (exact) mass is 1750 g/mol. The molecule has 32 heteroatoms. The number of nitrogens with two attached hydrogens (primary N) is 1. The fourth-order valence-corrected chi connectivity index (χ4v) is 16.0. The Morgan fingerprint density at radius 3 is 1.21 bits per heavy atom. The van der Waals surface area contributed by atoms with Crippen molar-refractivity contribution in [1.82, 2.24) is 87.6 Å². The van der Waals surface area contributed by atoms with Gasteiger partial charge in [0.1, 0.15) is 58.4 Å². The van der Waals surface area contributed by atoms with Gasteiger partial charge in [-0.3, -0.25) is 33.9 Å². The number of H-pyrrole nitrogens is 3. The Hall–Kier alpha value is -10.7. The molecule has 5 saturated carbocycles. The van der Waals surface area contributed by atoms with Gasteiger partial charge in [0.2, 0.25) is 5.82 Å². The van der Waals surface area contributed by atoms with Crippen molar-refractivity contribution in [3.8, 4) is 45.3 Å². The summed E-state index contributed by atoms with van der Waals surface area (Å²) in [4.78, 5) is 112. The highest BCUT2D eigenvalue weighted by Crippen LogP contribution is 2.44. The van der Waals surface area contributed by atoms with Crippen LogP contribution in [0.5, 0.6) is 0 Å². The topological polar surface area (TPSA) is 364 Å². The second-order valence-corrected chi connectivity index (χ2v) is 33.3. The van der Waals surface area contributed by atoms with Gasteiger partial charge in [0, 0.05) is 104 Å². The first-order chi connectivity index (χ1) is 55.2. The zero-order chi connectivity index (χ0) is 81.4. The molecule has 19 rings (SSSR count). The van der Waals surface area contributed by atoms with Gasteiger partial charge in [-0.25, -0.2) is 64.2 Å². The van der Waals surface area contributed by atoms with Gasteiger partial charge in [0.25, 0.3) is 5.69 Å². The number of nitrogens with zero attached hydrogens (tertiary/aromatic N) is 17. The Labute approximate surface area is 685 Å². The van der Waals surface area contributed by atoms with Crippen molar-refractivity contribution in [3.05, 3.63) is 217 Å². The molecule has 5 N–H and O–H groups in total. The number of nitro benzene ring substituents is 2. The van der Waals surface area contributed by atoms with Crippen LogP contribution in [-0.4, -0.2) is 104 Å². The number of aryl methyl sites for hydroxylation is 4. The van der Waals surface area contributed by atoms with E-state index in [1.807, 2.05) is 88.2 Å². The van der Waals surface area contributed by atoms with E-state index in [4.69, 9.17) is 15.7 Å². The standard InChI is InChI=1S/2C24H24N8O.C12H13BrN2O.C12H14BrNO2.C6H3BrFNO2.C5H11N/c2*1-4-31-22(17-10-25-14(3)26-11-17)30-21-20(27-12-28-23(21)31)16-7-8-18-19(9-16)32(24(33)29-18)13(2)15-5-6-15;1-7(8-2-3-8)15-11-6-9(13)4-5-10(11)14-12(15)16;1-8(9-2-3-9)6-10-7-11(13)4-5-12(10)14(15)16;7-4-1-2-6(9(10)11)5(8)3-4;1-4(6)5-2-3-5/h2*7-13,15H,4-6H2,1-3H3,(H,29,33);4-8H,2-3H2,1H3,(H,14,16);4-5,7-9H,2-3,6H2,1H3;1-3H;4-5H,2-3,6H2,1H3. The first-order valence-corrected chi connectivity index (χ1v) is 41.3. The second-order valence-electron chi connectivity index (χ2n) is 30.5. The summed E-state index contributed by atoms with van der Waals surface area (Å²) in [5.41, 5.74) is 19.2. The molecule has 5 aliphatic carbocycles. The lowest BCUT2D eigenvalue weighted by atomic mass is 9.96. The van der Waals surface area contributed by atoms with E-state index < -0.39 is 16.4 Å². The Bertz CT molecular complexity index is 5890. The van der Waals surface area contributed by atoms with Gasteiger partial charge < -0.3 is 29.8 Å². The van der Waals surface area contributed by atoms with Crippen molar-refractivity contribution < 1.29 is 14.2 Å². The number of fused-ring (bicyclic) bond motifs is 5. The molecule has 5 unspecified atom stereocenters. The molecular formula is C83H89Br3FN21O7. The van der Waals surface area contributed by atoms with Crippen molar-refractivity contribution in [2.45, 2.75) is 170 Å². The molecule has 0 saturated heterocycles. The minimum atomic E-state index is -0.829. The van der Waals surface area contributed by atoms with Crippen LogP contribution in [0.3, 0.4) is 0 Å². The quantitative estimate of drug-likeness (QED) is 0.0458. The molecule has 9 aromatic heterocycles. The summed E-state index contributed by atoms with van der Waals surface area (Å²) in [6.45, 7) is 19.9. The molecule has 0 amide bonds. The predicted molar refractivity (Wildman–Crippen MR) is 453 cm³/mol. The number of hydrogen-bond acceptors (Lipinski definition) is 18. The van der Waals surface area contributed by atoms with Crippen LogP contribution in [0.15, 0.2) is 156 Å². The van der Waals surface area contributed by atoms with E-state index in [-0.39, 0.29) is 39.8 Å². The number of hydrogen-bond donors (Lipinski definition) is 4. The highest BCUT2D eigenvalue weighted by atomic mass is 79.9. The summed E-state index contributed by atoms with van der Waals surface area (Å²) >= 11 is 9.80. The van der Waals surface area contributed by atoms with Gasteiger partial charge in [-0.2, -0.15) is 4.39 Å². The van der Waals surface area contributed by atoms with E-state index >= 15 is 0 Å². The molecular weight excluding hydrogens is 1660 g/mol. The molecule has 0 aliphatic heterocycles. The highest BCUT2D eigenvalue weighted by molar-refractivity contribution is 9.11. The third-order valence-electron chi connectivity index (χ3n) is 22.3. The molecule has 9 heterocycles. The van der Waals surface area contributed by atoms with Gasteiger partial charge in [0.15, 0.2) is 11.3 Å². The van der Waals surface area contributed by atoms with Crippen LogP contribution in [0.1, 0.15) is 148 Å². The van der Waals surface area contributed by atoms with Crippen molar-refractivity contribution >= 4 is 115 Å². The SMILES string of the molecule is CC(C1CC1)n1c(=O)[nH]c2ccc(Br)cc21.CC(Cc1cc(Br)ccc1[N+](=O)[O-])C1CC1.CC(N)C1CC1.CCn1c(-c2cnc(C)nc2)nc2c(-c3ccc4[nH]c(=O)n(C(C)C5CC5)c4c3)ncnc21.CCn1c(-c2cnc(C)nc2)nc2c(-c3ccc4[nH]c(=O)n(C(C)C5CC5)c4c3)ncnc21.O=[N+]([O-])c1ccc(Br)cc1F. The summed E-state index contributed by atoms with van der Waals surface area (Å²) in [6.07, 6.45) is 23.6.